The zero-order chi connectivity index (χ0) is 40.6. The van der Waals surface area contributed by atoms with Crippen molar-refractivity contribution in [3.8, 4) is 29.0 Å². The van der Waals surface area contributed by atoms with Crippen LogP contribution in [-0.2, 0) is 21.3 Å². The number of hydrogen-bond donors (Lipinski definition) is 1. The highest BCUT2D eigenvalue weighted by molar-refractivity contribution is 7.90. The molecule has 1 aliphatic heterocycles. The fourth-order valence-electron chi connectivity index (χ4n) is 7.41. The van der Waals surface area contributed by atoms with Crippen molar-refractivity contribution in [2.24, 2.45) is 0 Å². The smallest absolute Gasteiger partial charge is 0.345 e. The van der Waals surface area contributed by atoms with E-state index in [2.05, 4.69) is 47.2 Å². The van der Waals surface area contributed by atoms with E-state index in [1.807, 2.05) is 11.9 Å². The molecule has 0 radical (unpaired) electrons. The molecular formula is C39H37ClF2N8O5S2. The van der Waals surface area contributed by atoms with Gasteiger partial charge in [-0.25, -0.2) is 23.1 Å². The van der Waals surface area contributed by atoms with Gasteiger partial charge in [-0.05, 0) is 63.8 Å². The Morgan fingerprint density at radius 3 is 2.65 bits per heavy atom. The number of benzene rings is 1. The summed E-state index contributed by atoms with van der Waals surface area (Å²) in [6.45, 7) is 1.85. The van der Waals surface area contributed by atoms with Crippen LogP contribution in [0.3, 0.4) is 0 Å². The van der Waals surface area contributed by atoms with Crippen LogP contribution in [-0.4, -0.2) is 89.4 Å². The second-order valence-electron chi connectivity index (χ2n) is 13.9. The highest BCUT2D eigenvalue weighted by Crippen LogP contribution is 2.37. The SMILES string of the molecule is CCS(=O)(=O)NC(=O)c1csc2c(-c3cc(Cl)ccc3C#CCn3c(C)nc4cnc(N(C)C5CCN(C6CC(OC(F)F)C6)CC5)c(C#N)c4c3=O)ccnc12. The number of carbonyl (C=O) groups is 1. The van der Waals surface area contributed by atoms with Gasteiger partial charge in [-0.2, -0.15) is 14.0 Å². The van der Waals surface area contributed by atoms with E-state index in [1.165, 1.54) is 35.2 Å². The van der Waals surface area contributed by atoms with Crippen molar-refractivity contribution in [2.75, 3.05) is 30.8 Å². The van der Waals surface area contributed by atoms with E-state index in [1.54, 1.807) is 36.6 Å². The topological polar surface area (TPSA) is 163 Å². The first-order valence-corrected chi connectivity index (χ1v) is 21.1. The first kappa shape index (κ1) is 40.2. The molecule has 2 aliphatic rings. The van der Waals surface area contributed by atoms with Crippen molar-refractivity contribution in [3.05, 3.63) is 79.9 Å². The summed E-state index contributed by atoms with van der Waals surface area (Å²) in [6, 6.07) is 9.40. The van der Waals surface area contributed by atoms with Gasteiger partial charge in [0.05, 0.1) is 51.3 Å². The lowest BCUT2D eigenvalue weighted by Gasteiger charge is -2.46. The summed E-state index contributed by atoms with van der Waals surface area (Å²) < 4.78 is 58.0. The molecule has 57 heavy (non-hydrogen) atoms. The number of sulfonamides is 1. The Bertz CT molecular complexity index is 2660. The second-order valence-corrected chi connectivity index (χ2v) is 17.2. The Balaban J connectivity index is 1.14. The lowest BCUT2D eigenvalue weighted by molar-refractivity contribution is -0.194. The molecule has 0 bridgehead atoms. The largest absolute Gasteiger partial charge is 0.355 e. The third kappa shape index (κ3) is 8.21. The van der Waals surface area contributed by atoms with Crippen molar-refractivity contribution in [3.63, 3.8) is 0 Å². The van der Waals surface area contributed by atoms with Crippen LogP contribution in [0.15, 0.2) is 46.8 Å². The number of aromatic nitrogens is 4. The lowest BCUT2D eigenvalue weighted by Crippen LogP contribution is -2.53. The molecular weight excluding hydrogens is 798 g/mol. The fraction of sp³-hybridized carbons (Fsp3) is 0.385. The van der Waals surface area contributed by atoms with E-state index in [9.17, 15) is 32.0 Å². The van der Waals surface area contributed by atoms with E-state index in [-0.39, 0.29) is 40.9 Å². The van der Waals surface area contributed by atoms with E-state index >= 15 is 0 Å². The Labute approximate surface area is 336 Å². The van der Waals surface area contributed by atoms with Gasteiger partial charge in [0.2, 0.25) is 10.0 Å². The monoisotopic (exact) mass is 834 g/mol. The van der Waals surface area contributed by atoms with Gasteiger partial charge >= 0.3 is 6.61 Å². The number of alkyl halides is 2. The van der Waals surface area contributed by atoms with Gasteiger partial charge in [-0.3, -0.25) is 19.1 Å². The summed E-state index contributed by atoms with van der Waals surface area (Å²) in [6.07, 6.45) is 5.34. The van der Waals surface area contributed by atoms with Gasteiger partial charge < -0.3 is 14.5 Å². The Morgan fingerprint density at radius 1 is 1.19 bits per heavy atom. The number of thiophene rings is 1. The minimum atomic E-state index is -3.79. The molecule has 1 aliphatic carbocycles. The van der Waals surface area contributed by atoms with E-state index < -0.39 is 34.2 Å². The Hall–Kier alpha value is -5.04. The van der Waals surface area contributed by atoms with Crippen molar-refractivity contribution in [1.82, 2.24) is 29.1 Å². The minimum Gasteiger partial charge on any atom is -0.355 e. The number of nitriles is 1. The van der Waals surface area contributed by atoms with Gasteiger partial charge in [0, 0.05) is 65.5 Å². The molecule has 5 heterocycles. The van der Waals surface area contributed by atoms with Gasteiger partial charge in [-0.15, -0.1) is 11.3 Å². The highest BCUT2D eigenvalue weighted by atomic mass is 35.5. The first-order chi connectivity index (χ1) is 27.3. The standard InChI is InChI=1S/C39H37ClF2N8O5S2/c1-4-57(53,54)47-37(51)31-21-56-35-28(9-12-44-34(31)35)29-16-24(40)8-7-23(29)6-5-13-50-22(2)46-32-20-45-36(30(19-43)33(32)38(50)52)48(3)25-10-14-49(15-11-25)26-17-27(18-26)55-39(41)42/h7-9,12,16,20-21,25-27,39H,4,10-11,13-15,17-18H2,1-3H3,(H,47,51). The molecule has 1 amide bonds. The molecule has 18 heteroatoms. The number of halogens is 3. The zero-order valence-electron chi connectivity index (χ0n) is 31.1. The molecule has 4 aromatic heterocycles. The van der Waals surface area contributed by atoms with Gasteiger partial charge in [0.15, 0.2) is 0 Å². The predicted octanol–water partition coefficient (Wildman–Crippen LogP) is 5.70. The third-order valence-electron chi connectivity index (χ3n) is 10.6. The maximum absolute atomic E-state index is 14.1. The number of rotatable bonds is 10. The highest BCUT2D eigenvalue weighted by Gasteiger charge is 2.38. The molecule has 296 valence electrons. The summed E-state index contributed by atoms with van der Waals surface area (Å²) in [4.78, 5) is 44.8. The maximum Gasteiger partial charge on any atom is 0.345 e. The Morgan fingerprint density at radius 2 is 1.95 bits per heavy atom. The quantitative estimate of drug-likeness (QED) is 0.172. The third-order valence-corrected chi connectivity index (χ3v) is 13.1. The number of fused-ring (bicyclic) bond motifs is 2. The normalized spacial score (nSPS) is 17.6. The fourth-order valence-corrected chi connectivity index (χ4v) is 9.15. The number of aryl methyl sites for hydroxylation is 1. The number of anilines is 1. The number of nitrogens with zero attached hydrogens (tertiary/aromatic N) is 7. The molecule has 13 nitrogen and oxygen atoms in total. The summed E-state index contributed by atoms with van der Waals surface area (Å²) in [5, 5.41) is 12.5. The molecule has 5 aromatic rings. The number of piperidine rings is 1. The van der Waals surface area contributed by atoms with Crippen molar-refractivity contribution in [1.29, 1.82) is 5.26 Å². The van der Waals surface area contributed by atoms with E-state index in [0.29, 0.717) is 61.9 Å². The van der Waals surface area contributed by atoms with Crippen LogP contribution in [0.1, 0.15) is 59.9 Å². The molecule has 0 spiro atoms. The van der Waals surface area contributed by atoms with Crippen molar-refractivity contribution in [2.45, 2.75) is 70.9 Å². The number of pyridine rings is 2. The Kier molecular flexibility index (Phi) is 11.6. The zero-order valence-corrected chi connectivity index (χ0v) is 33.5. The molecule has 0 unspecified atom stereocenters. The van der Waals surface area contributed by atoms with Crippen LogP contribution in [0.25, 0.3) is 32.2 Å². The number of amides is 1. The molecule has 0 atom stereocenters. The number of ether oxygens (including phenoxy) is 1. The lowest BCUT2D eigenvalue weighted by atomic mass is 9.86. The van der Waals surface area contributed by atoms with Crippen molar-refractivity contribution >= 4 is 65.8 Å². The molecule has 1 N–H and O–H groups in total. The minimum absolute atomic E-state index is 0.0438. The number of hydrogen-bond acceptors (Lipinski definition) is 12. The van der Waals surface area contributed by atoms with Crippen LogP contribution in [0.4, 0.5) is 14.6 Å². The van der Waals surface area contributed by atoms with Crippen LogP contribution < -0.4 is 15.2 Å². The molecule has 1 saturated carbocycles. The van der Waals surface area contributed by atoms with Gasteiger partial charge in [0.1, 0.15) is 23.3 Å². The summed E-state index contributed by atoms with van der Waals surface area (Å²) in [5.41, 5.74) is 2.35. The van der Waals surface area contributed by atoms with Gasteiger partial charge in [0.25, 0.3) is 11.5 Å². The van der Waals surface area contributed by atoms with Crippen LogP contribution in [0, 0.1) is 30.1 Å². The molecule has 1 aromatic carbocycles. The van der Waals surface area contributed by atoms with Crippen molar-refractivity contribution < 1.29 is 26.7 Å². The van der Waals surface area contributed by atoms with Gasteiger partial charge in [-0.1, -0.05) is 23.4 Å². The number of nitrogens with one attached hydrogen (secondary N) is 1. The first-order valence-electron chi connectivity index (χ1n) is 18.2. The van der Waals surface area contributed by atoms with E-state index in [0.717, 1.165) is 25.9 Å². The summed E-state index contributed by atoms with van der Waals surface area (Å²) in [7, 11) is -1.93. The summed E-state index contributed by atoms with van der Waals surface area (Å²) in [5.74, 6) is 5.99. The van der Waals surface area contributed by atoms with Crippen LogP contribution >= 0.6 is 22.9 Å². The van der Waals surface area contributed by atoms with Crippen LogP contribution in [0.5, 0.6) is 0 Å². The predicted molar refractivity (Wildman–Crippen MR) is 214 cm³/mol. The second kappa shape index (κ2) is 16.4. The maximum atomic E-state index is 14.1. The average Bonchev–Trinajstić information content (AvgIpc) is 3.62. The average molecular weight is 835 g/mol. The van der Waals surface area contributed by atoms with Crippen LogP contribution in [0.2, 0.25) is 5.02 Å². The molecule has 7 rings (SSSR count). The molecule has 1 saturated heterocycles. The van der Waals surface area contributed by atoms with E-state index in [4.69, 9.17) is 11.6 Å². The number of likely N-dealkylation sites (tertiary alicyclic amines) is 1. The molecule has 2 fully saturated rings. The summed E-state index contributed by atoms with van der Waals surface area (Å²) >= 11 is 7.67. The number of carbonyl (C=O) groups excluding carboxylic acids is 1.